The van der Waals surface area contributed by atoms with Gasteiger partial charge < -0.3 is 24.5 Å². The summed E-state index contributed by atoms with van der Waals surface area (Å²) in [6.07, 6.45) is 2.04. The molecule has 1 heterocycles. The second kappa shape index (κ2) is 7.58. The SMILES string of the molecule is COc1cc(NC(=O)Cc2c[nH]c3cc(Cl)ccc23)cc(OC)c1OC. The molecular formula is C19H19ClN2O4. The Labute approximate surface area is 156 Å². The first-order valence-corrected chi connectivity index (χ1v) is 8.29. The van der Waals surface area contributed by atoms with Crippen LogP contribution < -0.4 is 19.5 Å². The molecule has 2 aromatic carbocycles. The fraction of sp³-hybridized carbons (Fsp3) is 0.211. The van der Waals surface area contributed by atoms with Gasteiger partial charge in [-0.15, -0.1) is 0 Å². The van der Waals surface area contributed by atoms with E-state index in [1.807, 2.05) is 18.3 Å². The van der Waals surface area contributed by atoms with Crippen molar-refractivity contribution in [3.05, 3.63) is 47.1 Å². The van der Waals surface area contributed by atoms with E-state index < -0.39 is 0 Å². The number of anilines is 1. The fourth-order valence-corrected chi connectivity index (χ4v) is 3.01. The van der Waals surface area contributed by atoms with Gasteiger partial charge in [0.25, 0.3) is 0 Å². The van der Waals surface area contributed by atoms with Crippen LogP contribution in [0.5, 0.6) is 17.2 Å². The minimum atomic E-state index is -0.157. The summed E-state index contributed by atoms with van der Waals surface area (Å²) >= 11 is 5.99. The number of aromatic amines is 1. The summed E-state index contributed by atoms with van der Waals surface area (Å²) in [5.74, 6) is 1.27. The zero-order valence-electron chi connectivity index (χ0n) is 14.7. The number of fused-ring (bicyclic) bond motifs is 1. The topological polar surface area (TPSA) is 72.6 Å². The average molecular weight is 375 g/mol. The molecule has 0 radical (unpaired) electrons. The molecule has 1 amide bonds. The molecule has 0 atom stereocenters. The van der Waals surface area contributed by atoms with Crippen molar-refractivity contribution in [3.8, 4) is 17.2 Å². The maximum absolute atomic E-state index is 12.5. The van der Waals surface area contributed by atoms with Crippen molar-refractivity contribution >= 4 is 34.1 Å². The highest BCUT2D eigenvalue weighted by Gasteiger charge is 2.15. The highest BCUT2D eigenvalue weighted by atomic mass is 35.5. The molecule has 0 fully saturated rings. The van der Waals surface area contributed by atoms with E-state index in [4.69, 9.17) is 25.8 Å². The van der Waals surface area contributed by atoms with E-state index in [0.29, 0.717) is 28.0 Å². The third-order valence-corrected chi connectivity index (χ3v) is 4.26. The number of carbonyl (C=O) groups excluding carboxylic acids is 1. The molecule has 0 aliphatic rings. The molecule has 3 rings (SSSR count). The predicted molar refractivity (Wildman–Crippen MR) is 102 cm³/mol. The van der Waals surface area contributed by atoms with Gasteiger partial charge in [0.15, 0.2) is 11.5 Å². The lowest BCUT2D eigenvalue weighted by molar-refractivity contribution is -0.115. The molecule has 2 N–H and O–H groups in total. The van der Waals surface area contributed by atoms with E-state index in [1.165, 1.54) is 21.3 Å². The van der Waals surface area contributed by atoms with E-state index >= 15 is 0 Å². The molecule has 136 valence electrons. The standard InChI is InChI=1S/C19H19ClN2O4/c1-24-16-8-13(9-17(25-2)19(16)26-3)22-18(23)6-11-10-21-15-7-12(20)4-5-14(11)15/h4-5,7-10,21H,6H2,1-3H3,(H,22,23). The molecule has 0 saturated heterocycles. The van der Waals surface area contributed by atoms with Gasteiger partial charge in [0, 0.05) is 39.9 Å². The van der Waals surface area contributed by atoms with Crippen molar-refractivity contribution in [1.29, 1.82) is 0 Å². The number of carbonyl (C=O) groups is 1. The Morgan fingerprint density at radius 2 is 1.77 bits per heavy atom. The number of H-pyrrole nitrogens is 1. The maximum atomic E-state index is 12.5. The van der Waals surface area contributed by atoms with Gasteiger partial charge >= 0.3 is 0 Å². The van der Waals surface area contributed by atoms with Gasteiger partial charge in [0.1, 0.15) is 0 Å². The molecule has 0 spiro atoms. The second-order valence-electron chi connectivity index (χ2n) is 5.64. The number of ether oxygens (including phenoxy) is 3. The zero-order chi connectivity index (χ0) is 18.7. The average Bonchev–Trinajstić information content (AvgIpc) is 3.02. The fourth-order valence-electron chi connectivity index (χ4n) is 2.84. The van der Waals surface area contributed by atoms with Crippen LogP contribution in [0.15, 0.2) is 36.5 Å². The monoisotopic (exact) mass is 374 g/mol. The third-order valence-electron chi connectivity index (χ3n) is 4.03. The van der Waals surface area contributed by atoms with Crippen LogP contribution in [0.2, 0.25) is 5.02 Å². The van der Waals surface area contributed by atoms with Gasteiger partial charge in [-0.2, -0.15) is 0 Å². The Kier molecular flexibility index (Phi) is 5.23. The maximum Gasteiger partial charge on any atom is 0.228 e. The summed E-state index contributed by atoms with van der Waals surface area (Å²) in [4.78, 5) is 15.6. The number of amides is 1. The van der Waals surface area contributed by atoms with Gasteiger partial charge in [0.05, 0.1) is 27.8 Å². The normalized spacial score (nSPS) is 10.6. The van der Waals surface area contributed by atoms with Crippen molar-refractivity contribution in [2.45, 2.75) is 6.42 Å². The summed E-state index contributed by atoms with van der Waals surface area (Å²) < 4.78 is 15.9. The first kappa shape index (κ1) is 17.9. The van der Waals surface area contributed by atoms with Gasteiger partial charge in [-0.25, -0.2) is 0 Å². The van der Waals surface area contributed by atoms with E-state index in [2.05, 4.69) is 10.3 Å². The molecule has 0 unspecified atom stereocenters. The number of rotatable bonds is 6. The Morgan fingerprint density at radius 3 is 2.38 bits per heavy atom. The number of aromatic nitrogens is 1. The van der Waals surface area contributed by atoms with Crippen LogP contribution in [0.25, 0.3) is 10.9 Å². The van der Waals surface area contributed by atoms with Crippen LogP contribution in [0.1, 0.15) is 5.56 Å². The van der Waals surface area contributed by atoms with Crippen LogP contribution in [-0.2, 0) is 11.2 Å². The lowest BCUT2D eigenvalue weighted by atomic mass is 10.1. The van der Waals surface area contributed by atoms with Crippen molar-refractivity contribution in [2.24, 2.45) is 0 Å². The molecule has 0 bridgehead atoms. The highest BCUT2D eigenvalue weighted by molar-refractivity contribution is 6.31. The summed E-state index contributed by atoms with van der Waals surface area (Å²) in [5.41, 5.74) is 2.35. The van der Waals surface area contributed by atoms with Gasteiger partial charge in [-0.3, -0.25) is 4.79 Å². The second-order valence-corrected chi connectivity index (χ2v) is 6.08. The zero-order valence-corrected chi connectivity index (χ0v) is 15.4. The van der Waals surface area contributed by atoms with Gasteiger partial charge in [0.2, 0.25) is 11.7 Å². The molecular weight excluding hydrogens is 356 g/mol. The molecule has 3 aromatic rings. The van der Waals surface area contributed by atoms with Crippen molar-refractivity contribution in [3.63, 3.8) is 0 Å². The van der Waals surface area contributed by atoms with Gasteiger partial charge in [-0.05, 0) is 17.7 Å². The Balaban J connectivity index is 1.81. The quantitative estimate of drug-likeness (QED) is 0.683. The number of hydrogen-bond acceptors (Lipinski definition) is 4. The van der Waals surface area contributed by atoms with Gasteiger partial charge in [-0.1, -0.05) is 17.7 Å². The van der Waals surface area contributed by atoms with E-state index in [9.17, 15) is 4.79 Å². The van der Waals surface area contributed by atoms with E-state index in [-0.39, 0.29) is 12.3 Å². The first-order chi connectivity index (χ1) is 12.5. The summed E-state index contributed by atoms with van der Waals surface area (Å²) in [7, 11) is 4.59. The number of halogens is 1. The molecule has 7 heteroatoms. The number of benzene rings is 2. The minimum absolute atomic E-state index is 0.157. The van der Waals surface area contributed by atoms with Crippen molar-refractivity contribution < 1.29 is 19.0 Å². The number of methoxy groups -OCH3 is 3. The van der Waals surface area contributed by atoms with Crippen molar-refractivity contribution in [1.82, 2.24) is 4.98 Å². The Bertz CT molecular complexity index is 927. The summed E-state index contributed by atoms with van der Waals surface area (Å²) in [6, 6.07) is 8.91. The third kappa shape index (κ3) is 3.55. The Hall–Kier alpha value is -2.86. The summed E-state index contributed by atoms with van der Waals surface area (Å²) in [5, 5.41) is 4.48. The molecule has 6 nitrogen and oxygen atoms in total. The minimum Gasteiger partial charge on any atom is -0.493 e. The number of nitrogens with one attached hydrogen (secondary N) is 2. The molecule has 0 saturated carbocycles. The van der Waals surface area contributed by atoms with Crippen molar-refractivity contribution in [2.75, 3.05) is 26.6 Å². The highest BCUT2D eigenvalue weighted by Crippen LogP contribution is 2.40. The largest absolute Gasteiger partial charge is 0.493 e. The Morgan fingerprint density at radius 1 is 1.08 bits per heavy atom. The molecule has 26 heavy (non-hydrogen) atoms. The van der Waals surface area contributed by atoms with Crippen LogP contribution in [0.4, 0.5) is 5.69 Å². The summed E-state index contributed by atoms with van der Waals surface area (Å²) in [6.45, 7) is 0. The van der Waals surface area contributed by atoms with Crippen LogP contribution in [0, 0.1) is 0 Å². The predicted octanol–water partition coefficient (Wildman–Crippen LogP) is 4.03. The smallest absolute Gasteiger partial charge is 0.228 e. The van der Waals surface area contributed by atoms with E-state index in [0.717, 1.165) is 16.5 Å². The number of hydrogen-bond donors (Lipinski definition) is 2. The van der Waals surface area contributed by atoms with Crippen LogP contribution in [0.3, 0.4) is 0 Å². The lowest BCUT2D eigenvalue weighted by Crippen LogP contribution is -2.14. The molecule has 0 aliphatic heterocycles. The van der Waals surface area contributed by atoms with Crippen LogP contribution >= 0.6 is 11.6 Å². The molecule has 1 aromatic heterocycles. The molecule has 0 aliphatic carbocycles. The van der Waals surface area contributed by atoms with E-state index in [1.54, 1.807) is 18.2 Å². The van der Waals surface area contributed by atoms with Crippen LogP contribution in [-0.4, -0.2) is 32.2 Å². The first-order valence-electron chi connectivity index (χ1n) is 7.91. The lowest BCUT2D eigenvalue weighted by Gasteiger charge is -2.14.